The van der Waals surface area contributed by atoms with Crippen LogP contribution in [-0.4, -0.2) is 50.9 Å². The number of unbranched alkanes of at least 4 members (excludes halogenated alkanes) is 1. The molecule has 226 valence electrons. The molecule has 1 atom stereocenters. The summed E-state index contributed by atoms with van der Waals surface area (Å²) in [7, 11) is -4.23. The molecule has 1 N–H and O–H groups in total. The number of benzene rings is 3. The summed E-state index contributed by atoms with van der Waals surface area (Å²) in [4.78, 5) is 28.4. The molecule has 8 nitrogen and oxygen atoms in total. The van der Waals surface area contributed by atoms with Crippen molar-refractivity contribution in [2.75, 3.05) is 24.0 Å². The van der Waals surface area contributed by atoms with E-state index in [-0.39, 0.29) is 23.0 Å². The standard InChI is InChI=1S/C30H34Cl3N3O5S/c1-4-6-17-34-30(38)21(3)35(19-22-7-8-24(32)18-28(22)33)29(37)20-36(25-11-13-26(14-12-25)41-5-2)42(39,40)27-15-9-23(31)10-16-27/h7-16,18,21H,4-6,17,19-20H2,1-3H3,(H,34,38)/t21-/m0/s1. The highest BCUT2D eigenvalue weighted by atomic mass is 35.5. The number of sulfonamides is 1. The van der Waals surface area contributed by atoms with Crippen molar-refractivity contribution in [3.8, 4) is 5.75 Å². The van der Waals surface area contributed by atoms with Gasteiger partial charge in [-0.05, 0) is 86.5 Å². The quantitative estimate of drug-likeness (QED) is 0.198. The molecule has 0 aliphatic heterocycles. The number of ether oxygens (including phenoxy) is 1. The van der Waals surface area contributed by atoms with Gasteiger partial charge in [-0.2, -0.15) is 0 Å². The molecule has 0 aliphatic rings. The summed E-state index contributed by atoms with van der Waals surface area (Å²) in [6, 6.07) is 16.0. The van der Waals surface area contributed by atoms with Gasteiger partial charge < -0.3 is 15.0 Å². The number of halogens is 3. The lowest BCUT2D eigenvalue weighted by Crippen LogP contribution is -2.51. The maximum absolute atomic E-state index is 14.0. The molecule has 42 heavy (non-hydrogen) atoms. The first-order chi connectivity index (χ1) is 20.0. The zero-order valence-corrected chi connectivity index (χ0v) is 26.7. The van der Waals surface area contributed by atoms with Gasteiger partial charge in [0.25, 0.3) is 10.0 Å². The maximum atomic E-state index is 14.0. The van der Waals surface area contributed by atoms with Crippen molar-refractivity contribution in [1.82, 2.24) is 10.2 Å². The van der Waals surface area contributed by atoms with Gasteiger partial charge >= 0.3 is 0 Å². The second-order valence-electron chi connectivity index (χ2n) is 9.47. The van der Waals surface area contributed by atoms with Gasteiger partial charge in [-0.1, -0.05) is 54.2 Å². The monoisotopic (exact) mass is 653 g/mol. The van der Waals surface area contributed by atoms with Crippen LogP contribution in [0, 0.1) is 0 Å². The van der Waals surface area contributed by atoms with Gasteiger partial charge in [-0.15, -0.1) is 0 Å². The maximum Gasteiger partial charge on any atom is 0.264 e. The van der Waals surface area contributed by atoms with Crippen molar-refractivity contribution < 1.29 is 22.7 Å². The van der Waals surface area contributed by atoms with Crippen LogP contribution in [0.2, 0.25) is 15.1 Å². The first kappa shape index (κ1) is 33.5. The zero-order chi connectivity index (χ0) is 30.9. The second kappa shape index (κ2) is 15.5. The van der Waals surface area contributed by atoms with Crippen molar-refractivity contribution in [2.45, 2.75) is 51.1 Å². The normalized spacial score (nSPS) is 12.0. The predicted molar refractivity (Wildman–Crippen MR) is 168 cm³/mol. The minimum Gasteiger partial charge on any atom is -0.494 e. The number of amides is 2. The van der Waals surface area contributed by atoms with E-state index in [0.29, 0.717) is 39.5 Å². The van der Waals surface area contributed by atoms with E-state index in [1.807, 2.05) is 13.8 Å². The van der Waals surface area contributed by atoms with Crippen LogP contribution in [0.15, 0.2) is 71.6 Å². The molecular weight excluding hydrogens is 621 g/mol. The fraction of sp³-hybridized carbons (Fsp3) is 0.333. The zero-order valence-electron chi connectivity index (χ0n) is 23.6. The third kappa shape index (κ3) is 8.77. The van der Waals surface area contributed by atoms with Crippen LogP contribution < -0.4 is 14.4 Å². The van der Waals surface area contributed by atoms with Gasteiger partial charge in [0.2, 0.25) is 11.8 Å². The number of hydrogen-bond donors (Lipinski definition) is 1. The molecular formula is C30H34Cl3N3O5S. The molecule has 0 unspecified atom stereocenters. The molecule has 0 bridgehead atoms. The number of carbonyl (C=O) groups is 2. The minimum atomic E-state index is -4.23. The Morgan fingerprint density at radius 1 is 0.929 bits per heavy atom. The molecule has 0 saturated carbocycles. The van der Waals surface area contributed by atoms with Crippen LogP contribution in [0.1, 0.15) is 39.2 Å². The van der Waals surface area contributed by atoms with Gasteiger partial charge in [-0.3, -0.25) is 13.9 Å². The molecule has 0 spiro atoms. The van der Waals surface area contributed by atoms with E-state index < -0.39 is 28.5 Å². The number of carbonyl (C=O) groups excluding carboxylic acids is 2. The lowest BCUT2D eigenvalue weighted by molar-refractivity contribution is -0.139. The van der Waals surface area contributed by atoms with Gasteiger partial charge in [0.1, 0.15) is 18.3 Å². The molecule has 2 amide bonds. The first-order valence-electron chi connectivity index (χ1n) is 13.5. The Hall–Kier alpha value is -2.98. The lowest BCUT2D eigenvalue weighted by Gasteiger charge is -2.32. The largest absolute Gasteiger partial charge is 0.494 e. The molecule has 3 rings (SSSR count). The molecule has 0 radical (unpaired) electrons. The van der Waals surface area contributed by atoms with E-state index in [9.17, 15) is 18.0 Å². The second-order valence-corrected chi connectivity index (χ2v) is 12.6. The Balaban J connectivity index is 2.03. The molecule has 0 aliphatic carbocycles. The van der Waals surface area contributed by atoms with Crippen LogP contribution in [0.3, 0.4) is 0 Å². The van der Waals surface area contributed by atoms with Gasteiger partial charge in [0.05, 0.1) is 17.2 Å². The van der Waals surface area contributed by atoms with Crippen LogP contribution in [0.4, 0.5) is 5.69 Å². The topological polar surface area (TPSA) is 96.0 Å². The van der Waals surface area contributed by atoms with E-state index in [4.69, 9.17) is 39.5 Å². The molecule has 0 aromatic heterocycles. The molecule has 0 fully saturated rings. The Bertz CT molecular complexity index is 1470. The fourth-order valence-electron chi connectivity index (χ4n) is 4.09. The third-order valence-corrected chi connectivity index (χ3v) is 9.10. The number of nitrogens with zero attached hydrogens (tertiary/aromatic N) is 2. The van der Waals surface area contributed by atoms with E-state index in [2.05, 4.69) is 5.32 Å². The first-order valence-corrected chi connectivity index (χ1v) is 16.1. The summed E-state index contributed by atoms with van der Waals surface area (Å²) in [6.07, 6.45) is 1.66. The summed E-state index contributed by atoms with van der Waals surface area (Å²) in [5.74, 6) is -0.423. The molecule has 12 heteroatoms. The molecule has 3 aromatic carbocycles. The average Bonchev–Trinajstić information content (AvgIpc) is 2.96. The molecule has 0 heterocycles. The molecule has 3 aromatic rings. The smallest absolute Gasteiger partial charge is 0.264 e. The summed E-state index contributed by atoms with van der Waals surface area (Å²) >= 11 is 18.5. The summed E-state index contributed by atoms with van der Waals surface area (Å²) in [6.45, 7) is 5.69. The van der Waals surface area contributed by atoms with Crippen LogP contribution >= 0.6 is 34.8 Å². The van der Waals surface area contributed by atoms with E-state index in [1.165, 1.54) is 29.2 Å². The number of anilines is 1. The van der Waals surface area contributed by atoms with E-state index in [0.717, 1.165) is 17.1 Å². The van der Waals surface area contributed by atoms with Gasteiger partial charge in [0.15, 0.2) is 0 Å². The van der Waals surface area contributed by atoms with Gasteiger partial charge in [0, 0.05) is 28.2 Å². The highest BCUT2D eigenvalue weighted by Gasteiger charge is 2.33. The Morgan fingerprint density at radius 3 is 2.17 bits per heavy atom. The van der Waals surface area contributed by atoms with Crippen LogP contribution in [-0.2, 0) is 26.2 Å². The van der Waals surface area contributed by atoms with Crippen molar-refractivity contribution in [2.24, 2.45) is 0 Å². The SMILES string of the molecule is CCCCNC(=O)[C@H](C)N(Cc1ccc(Cl)cc1Cl)C(=O)CN(c1ccc(OCC)cc1)S(=O)(=O)c1ccc(Cl)cc1. The van der Waals surface area contributed by atoms with Crippen molar-refractivity contribution >= 4 is 62.3 Å². The Labute approximate surface area is 262 Å². The van der Waals surface area contributed by atoms with Crippen molar-refractivity contribution in [3.63, 3.8) is 0 Å². The minimum absolute atomic E-state index is 0.0463. The van der Waals surface area contributed by atoms with E-state index >= 15 is 0 Å². The lowest BCUT2D eigenvalue weighted by atomic mass is 10.1. The summed E-state index contributed by atoms with van der Waals surface area (Å²) in [5, 5.41) is 3.95. The van der Waals surface area contributed by atoms with Crippen molar-refractivity contribution in [1.29, 1.82) is 0 Å². The summed E-state index contributed by atoms with van der Waals surface area (Å²) < 4.78 is 34.3. The third-order valence-electron chi connectivity index (χ3n) is 6.47. The fourth-order valence-corrected chi connectivity index (χ4v) is 6.10. The number of hydrogen-bond acceptors (Lipinski definition) is 5. The predicted octanol–water partition coefficient (Wildman–Crippen LogP) is 6.57. The van der Waals surface area contributed by atoms with Crippen molar-refractivity contribution in [3.05, 3.63) is 87.4 Å². The Kier molecular flexibility index (Phi) is 12.4. The number of nitrogens with one attached hydrogen (secondary N) is 1. The highest BCUT2D eigenvalue weighted by Crippen LogP contribution is 2.28. The average molecular weight is 655 g/mol. The Morgan fingerprint density at radius 2 is 1.57 bits per heavy atom. The highest BCUT2D eigenvalue weighted by molar-refractivity contribution is 7.92. The van der Waals surface area contributed by atoms with Crippen LogP contribution in [0.5, 0.6) is 5.75 Å². The summed E-state index contributed by atoms with van der Waals surface area (Å²) in [5.41, 5.74) is 0.794. The van der Waals surface area contributed by atoms with Crippen LogP contribution in [0.25, 0.3) is 0 Å². The number of rotatable bonds is 14. The van der Waals surface area contributed by atoms with E-state index in [1.54, 1.807) is 49.4 Å². The molecule has 0 saturated heterocycles. The van der Waals surface area contributed by atoms with Gasteiger partial charge in [-0.25, -0.2) is 8.42 Å².